The first-order chi connectivity index (χ1) is 7.27. The van der Waals surface area contributed by atoms with Crippen molar-refractivity contribution in [3.05, 3.63) is 30.1 Å². The lowest BCUT2D eigenvalue weighted by molar-refractivity contribution is 0.208. The van der Waals surface area contributed by atoms with Gasteiger partial charge in [-0.3, -0.25) is 9.88 Å². The quantitative estimate of drug-likeness (QED) is 0.766. The van der Waals surface area contributed by atoms with Crippen molar-refractivity contribution in [2.75, 3.05) is 20.1 Å². The Kier molecular flexibility index (Phi) is 5.29. The van der Waals surface area contributed by atoms with Gasteiger partial charge in [-0.2, -0.15) is 0 Å². The molecule has 1 unspecified atom stereocenters. The predicted octanol–water partition coefficient (Wildman–Crippen LogP) is 1.51. The fourth-order valence-electron chi connectivity index (χ4n) is 1.73. The van der Waals surface area contributed by atoms with E-state index in [0.29, 0.717) is 6.04 Å². The van der Waals surface area contributed by atoms with E-state index in [2.05, 4.69) is 41.2 Å². The molecule has 0 fully saturated rings. The molecule has 0 saturated heterocycles. The number of hydrogen-bond donors (Lipinski definition) is 1. The zero-order valence-corrected chi connectivity index (χ0v) is 9.90. The Morgan fingerprint density at radius 3 is 2.60 bits per heavy atom. The van der Waals surface area contributed by atoms with E-state index in [0.717, 1.165) is 19.6 Å². The zero-order chi connectivity index (χ0) is 11.1. The van der Waals surface area contributed by atoms with Crippen LogP contribution in [0, 0.1) is 0 Å². The second-order valence-corrected chi connectivity index (χ2v) is 3.83. The van der Waals surface area contributed by atoms with Gasteiger partial charge in [-0.15, -0.1) is 0 Å². The van der Waals surface area contributed by atoms with E-state index in [-0.39, 0.29) is 0 Å². The van der Waals surface area contributed by atoms with Crippen molar-refractivity contribution in [1.29, 1.82) is 0 Å². The minimum atomic E-state index is 0.563. The molecule has 3 heteroatoms. The van der Waals surface area contributed by atoms with E-state index in [1.807, 2.05) is 19.4 Å². The van der Waals surface area contributed by atoms with Gasteiger partial charge in [-0.25, -0.2) is 0 Å². The first kappa shape index (κ1) is 12.1. The molecule has 3 nitrogen and oxygen atoms in total. The van der Waals surface area contributed by atoms with E-state index in [1.165, 1.54) is 5.56 Å². The molecule has 0 spiro atoms. The lowest BCUT2D eigenvalue weighted by Crippen LogP contribution is -2.38. The molecule has 0 radical (unpaired) electrons. The zero-order valence-electron chi connectivity index (χ0n) is 9.90. The normalized spacial score (nSPS) is 13.1. The molecular weight excluding hydrogens is 186 g/mol. The summed E-state index contributed by atoms with van der Waals surface area (Å²) in [5.74, 6) is 0. The van der Waals surface area contributed by atoms with Gasteiger partial charge in [0.25, 0.3) is 0 Å². The van der Waals surface area contributed by atoms with E-state index < -0.39 is 0 Å². The SMILES string of the molecule is CCN(Cc1ccncc1)C(C)CNC. The molecule has 0 aliphatic carbocycles. The van der Waals surface area contributed by atoms with Crippen LogP contribution in [0.25, 0.3) is 0 Å². The summed E-state index contributed by atoms with van der Waals surface area (Å²) in [6.07, 6.45) is 3.71. The molecule has 1 N–H and O–H groups in total. The van der Waals surface area contributed by atoms with E-state index in [9.17, 15) is 0 Å². The Bertz CT molecular complexity index is 261. The molecule has 1 aromatic rings. The fourth-order valence-corrected chi connectivity index (χ4v) is 1.73. The van der Waals surface area contributed by atoms with Crippen LogP contribution < -0.4 is 5.32 Å². The van der Waals surface area contributed by atoms with E-state index in [1.54, 1.807) is 0 Å². The maximum absolute atomic E-state index is 4.03. The van der Waals surface area contributed by atoms with Crippen molar-refractivity contribution < 1.29 is 0 Å². The van der Waals surface area contributed by atoms with Crippen LogP contribution >= 0.6 is 0 Å². The third-order valence-corrected chi connectivity index (χ3v) is 2.66. The van der Waals surface area contributed by atoms with Crippen LogP contribution in [0.5, 0.6) is 0 Å². The number of likely N-dealkylation sites (N-methyl/N-ethyl adjacent to an activating group) is 2. The topological polar surface area (TPSA) is 28.2 Å². The molecule has 0 aromatic carbocycles. The summed E-state index contributed by atoms with van der Waals surface area (Å²) in [5, 5.41) is 3.21. The van der Waals surface area contributed by atoms with Crippen molar-refractivity contribution in [2.24, 2.45) is 0 Å². The van der Waals surface area contributed by atoms with Gasteiger partial charge in [0.2, 0.25) is 0 Å². The molecule has 0 aliphatic heterocycles. The third kappa shape index (κ3) is 3.98. The van der Waals surface area contributed by atoms with Crippen LogP contribution in [0.3, 0.4) is 0 Å². The van der Waals surface area contributed by atoms with Crippen LogP contribution in [0.2, 0.25) is 0 Å². The minimum Gasteiger partial charge on any atom is -0.318 e. The van der Waals surface area contributed by atoms with Crippen molar-refractivity contribution in [2.45, 2.75) is 26.4 Å². The Labute approximate surface area is 92.5 Å². The number of nitrogens with one attached hydrogen (secondary N) is 1. The van der Waals surface area contributed by atoms with Crippen molar-refractivity contribution in [3.8, 4) is 0 Å². The first-order valence-corrected chi connectivity index (χ1v) is 5.55. The fraction of sp³-hybridized carbons (Fsp3) is 0.583. The Morgan fingerprint density at radius 1 is 1.40 bits per heavy atom. The van der Waals surface area contributed by atoms with Gasteiger partial charge in [0.05, 0.1) is 0 Å². The number of pyridine rings is 1. The van der Waals surface area contributed by atoms with Gasteiger partial charge >= 0.3 is 0 Å². The summed E-state index contributed by atoms with van der Waals surface area (Å²) in [4.78, 5) is 6.48. The van der Waals surface area contributed by atoms with Crippen LogP contribution in [-0.2, 0) is 6.54 Å². The smallest absolute Gasteiger partial charge is 0.0271 e. The number of nitrogens with zero attached hydrogens (tertiary/aromatic N) is 2. The molecule has 15 heavy (non-hydrogen) atoms. The van der Waals surface area contributed by atoms with Crippen LogP contribution in [0.1, 0.15) is 19.4 Å². The monoisotopic (exact) mass is 207 g/mol. The molecule has 1 atom stereocenters. The molecule has 1 heterocycles. The Morgan fingerprint density at radius 2 is 2.07 bits per heavy atom. The molecule has 0 aliphatic rings. The summed E-state index contributed by atoms with van der Waals surface area (Å²) in [5.41, 5.74) is 1.33. The summed E-state index contributed by atoms with van der Waals surface area (Å²) in [6, 6.07) is 4.72. The number of aromatic nitrogens is 1. The average molecular weight is 207 g/mol. The van der Waals surface area contributed by atoms with Crippen molar-refractivity contribution in [3.63, 3.8) is 0 Å². The number of rotatable bonds is 6. The molecule has 0 bridgehead atoms. The van der Waals surface area contributed by atoms with Crippen LogP contribution in [-0.4, -0.2) is 36.1 Å². The highest BCUT2D eigenvalue weighted by Crippen LogP contribution is 2.06. The lowest BCUT2D eigenvalue weighted by atomic mass is 10.2. The van der Waals surface area contributed by atoms with Gasteiger partial charge in [-0.05, 0) is 38.2 Å². The molecular formula is C12H21N3. The van der Waals surface area contributed by atoms with Crippen LogP contribution in [0.15, 0.2) is 24.5 Å². The van der Waals surface area contributed by atoms with Gasteiger partial charge < -0.3 is 5.32 Å². The largest absolute Gasteiger partial charge is 0.318 e. The van der Waals surface area contributed by atoms with Gasteiger partial charge in [0, 0.05) is 31.5 Å². The lowest BCUT2D eigenvalue weighted by Gasteiger charge is -2.27. The van der Waals surface area contributed by atoms with Crippen molar-refractivity contribution in [1.82, 2.24) is 15.2 Å². The van der Waals surface area contributed by atoms with Gasteiger partial charge in [0.1, 0.15) is 0 Å². The summed E-state index contributed by atoms with van der Waals surface area (Å²) in [7, 11) is 2.00. The Balaban J connectivity index is 2.53. The summed E-state index contributed by atoms with van der Waals surface area (Å²) < 4.78 is 0. The predicted molar refractivity (Wildman–Crippen MR) is 63.7 cm³/mol. The highest BCUT2D eigenvalue weighted by atomic mass is 15.2. The summed E-state index contributed by atoms with van der Waals surface area (Å²) >= 11 is 0. The average Bonchev–Trinajstić information content (AvgIpc) is 2.27. The first-order valence-electron chi connectivity index (χ1n) is 5.55. The maximum atomic E-state index is 4.03. The minimum absolute atomic E-state index is 0.563. The van der Waals surface area contributed by atoms with Crippen LogP contribution in [0.4, 0.5) is 0 Å². The maximum Gasteiger partial charge on any atom is 0.0271 e. The third-order valence-electron chi connectivity index (χ3n) is 2.66. The summed E-state index contributed by atoms with van der Waals surface area (Å²) in [6.45, 7) is 7.56. The van der Waals surface area contributed by atoms with Crippen molar-refractivity contribution >= 4 is 0 Å². The number of hydrogen-bond acceptors (Lipinski definition) is 3. The van der Waals surface area contributed by atoms with E-state index >= 15 is 0 Å². The van der Waals surface area contributed by atoms with Gasteiger partial charge in [0.15, 0.2) is 0 Å². The molecule has 84 valence electrons. The second-order valence-electron chi connectivity index (χ2n) is 3.83. The Hall–Kier alpha value is -0.930. The van der Waals surface area contributed by atoms with Gasteiger partial charge in [-0.1, -0.05) is 6.92 Å². The second kappa shape index (κ2) is 6.53. The standard InChI is InChI=1S/C12H21N3/c1-4-15(11(2)9-13-3)10-12-5-7-14-8-6-12/h5-8,11,13H,4,9-10H2,1-3H3. The molecule has 1 aromatic heterocycles. The molecule has 0 amide bonds. The highest BCUT2D eigenvalue weighted by Gasteiger charge is 2.10. The van der Waals surface area contributed by atoms with E-state index in [4.69, 9.17) is 0 Å². The molecule has 1 rings (SSSR count). The highest BCUT2D eigenvalue weighted by molar-refractivity contribution is 5.09. The molecule has 0 saturated carbocycles.